The van der Waals surface area contributed by atoms with Gasteiger partial charge in [0.05, 0.1) is 5.52 Å². The molecule has 1 aliphatic rings. The van der Waals surface area contributed by atoms with E-state index in [-0.39, 0.29) is 0 Å². The van der Waals surface area contributed by atoms with Gasteiger partial charge < -0.3 is 5.32 Å². The van der Waals surface area contributed by atoms with Crippen LogP contribution in [-0.2, 0) is 6.42 Å². The van der Waals surface area contributed by atoms with E-state index in [1.54, 1.807) is 0 Å². The number of hydrogen-bond acceptors (Lipinski definition) is 4. The summed E-state index contributed by atoms with van der Waals surface area (Å²) in [5, 5.41) is 6.12. The Bertz CT molecular complexity index is 602. The Balaban J connectivity index is 1.78. The van der Waals surface area contributed by atoms with Crippen molar-refractivity contribution in [1.82, 2.24) is 10.3 Å². The molecule has 0 bridgehead atoms. The first-order chi connectivity index (χ1) is 10.3. The first kappa shape index (κ1) is 15.2. The van der Waals surface area contributed by atoms with E-state index in [2.05, 4.69) is 79.2 Å². The molecule has 21 heavy (non-hydrogen) atoms. The summed E-state index contributed by atoms with van der Waals surface area (Å²) < 4.78 is 0. The molecule has 1 aromatic heterocycles. The van der Waals surface area contributed by atoms with Crippen molar-refractivity contribution in [2.75, 3.05) is 18.6 Å². The molecule has 0 radical (unpaired) electrons. The molecule has 1 aliphatic heterocycles. The predicted octanol–water partition coefficient (Wildman–Crippen LogP) is 3.60. The second-order valence-corrected chi connectivity index (χ2v) is 8.28. The average Bonchev–Trinajstić information content (AvgIpc) is 2.53. The van der Waals surface area contributed by atoms with E-state index in [0.29, 0.717) is 16.5 Å². The minimum atomic E-state index is 0.492. The number of pyridine rings is 1. The van der Waals surface area contributed by atoms with Gasteiger partial charge in [0.2, 0.25) is 0 Å². The summed E-state index contributed by atoms with van der Waals surface area (Å²) in [5.74, 6) is 2.55. The largest absolute Gasteiger partial charge is 0.315 e. The molecule has 2 nitrogen and oxygen atoms in total. The Kier molecular flexibility index (Phi) is 5.09. The summed E-state index contributed by atoms with van der Waals surface area (Å²) in [6.07, 6.45) is 1.00. The monoisotopic (exact) mass is 318 g/mol. The topological polar surface area (TPSA) is 24.9 Å². The van der Waals surface area contributed by atoms with Gasteiger partial charge in [-0.25, -0.2) is 0 Å². The Labute approximate surface area is 135 Å². The molecule has 0 aliphatic carbocycles. The quantitative estimate of drug-likeness (QED) is 0.931. The van der Waals surface area contributed by atoms with E-state index in [4.69, 9.17) is 4.98 Å². The highest BCUT2D eigenvalue weighted by molar-refractivity contribution is 8.07. The van der Waals surface area contributed by atoms with Gasteiger partial charge in [0.25, 0.3) is 0 Å². The lowest BCUT2D eigenvalue weighted by Gasteiger charge is -2.34. The molecule has 2 aromatic rings. The van der Waals surface area contributed by atoms with Crippen LogP contribution in [0.25, 0.3) is 10.9 Å². The number of hydrogen-bond donors (Lipinski definition) is 1. The minimum Gasteiger partial charge on any atom is -0.315 e. The fraction of sp³-hybridized carbons (Fsp3) is 0.471. The first-order valence-corrected chi connectivity index (χ1v) is 9.63. The van der Waals surface area contributed by atoms with Crippen molar-refractivity contribution >= 4 is 34.4 Å². The number of para-hydroxylation sites is 1. The Hall–Kier alpha value is -0.710. The summed E-state index contributed by atoms with van der Waals surface area (Å²) in [6, 6.07) is 13.2. The second-order valence-electron chi connectivity index (χ2n) is 5.51. The van der Waals surface area contributed by atoms with Crippen molar-refractivity contribution in [3.63, 3.8) is 0 Å². The van der Waals surface area contributed by atoms with Gasteiger partial charge in [0.15, 0.2) is 0 Å². The van der Waals surface area contributed by atoms with Crippen molar-refractivity contribution in [1.29, 1.82) is 0 Å². The molecule has 4 heteroatoms. The van der Waals surface area contributed by atoms with Crippen LogP contribution in [0.4, 0.5) is 0 Å². The number of rotatable bonds is 4. The van der Waals surface area contributed by atoms with Crippen LogP contribution in [0, 0.1) is 0 Å². The van der Waals surface area contributed by atoms with Crippen molar-refractivity contribution in [2.45, 2.75) is 29.9 Å². The van der Waals surface area contributed by atoms with Crippen LogP contribution in [-0.4, -0.2) is 40.1 Å². The maximum Gasteiger partial charge on any atom is 0.0705 e. The van der Waals surface area contributed by atoms with Gasteiger partial charge >= 0.3 is 0 Å². The number of thioether (sulfide) groups is 2. The molecule has 1 aromatic carbocycles. The highest BCUT2D eigenvalue weighted by atomic mass is 32.2. The lowest BCUT2D eigenvalue weighted by molar-refractivity contribution is 0.526. The molecule has 3 unspecified atom stereocenters. The molecule has 0 saturated carbocycles. The predicted molar refractivity (Wildman–Crippen MR) is 96.5 cm³/mol. The molecule has 3 rings (SSSR count). The summed E-state index contributed by atoms with van der Waals surface area (Å²) in [7, 11) is 2.08. The van der Waals surface area contributed by atoms with Gasteiger partial charge in [-0.05, 0) is 19.2 Å². The van der Waals surface area contributed by atoms with E-state index in [0.717, 1.165) is 11.9 Å². The number of nitrogens with zero attached hydrogens (tertiary/aromatic N) is 1. The Morgan fingerprint density at radius 3 is 2.81 bits per heavy atom. The molecule has 1 fully saturated rings. The van der Waals surface area contributed by atoms with Gasteiger partial charge in [-0.1, -0.05) is 31.2 Å². The third-order valence-corrected chi connectivity index (χ3v) is 7.34. The van der Waals surface area contributed by atoms with Crippen LogP contribution in [0.5, 0.6) is 0 Å². The van der Waals surface area contributed by atoms with E-state index >= 15 is 0 Å². The molecule has 1 saturated heterocycles. The van der Waals surface area contributed by atoms with E-state index < -0.39 is 0 Å². The van der Waals surface area contributed by atoms with Crippen LogP contribution in [0.1, 0.15) is 12.6 Å². The van der Waals surface area contributed by atoms with Crippen LogP contribution in [0.3, 0.4) is 0 Å². The molecule has 112 valence electrons. The fourth-order valence-electron chi connectivity index (χ4n) is 2.92. The standard InChI is InChI=1S/C17H22N2S2/c1-12-17(21-10-9-20-12)16(18-2)11-14-8-7-13-5-3-4-6-15(13)19-14/h3-8,12,16-18H,9-11H2,1-2H3. The molecule has 0 amide bonds. The molecular weight excluding hydrogens is 296 g/mol. The van der Waals surface area contributed by atoms with Crippen molar-refractivity contribution in [3.05, 3.63) is 42.1 Å². The SMILES string of the molecule is CNC(Cc1ccc2ccccc2n1)C1SCCSC1C. The highest BCUT2D eigenvalue weighted by Crippen LogP contribution is 2.33. The smallest absolute Gasteiger partial charge is 0.0705 e. The van der Waals surface area contributed by atoms with Crippen LogP contribution in [0.2, 0.25) is 0 Å². The van der Waals surface area contributed by atoms with E-state index in [1.807, 2.05) is 0 Å². The van der Waals surface area contributed by atoms with Gasteiger partial charge in [0, 0.05) is 45.5 Å². The average molecular weight is 319 g/mol. The van der Waals surface area contributed by atoms with Crippen molar-refractivity contribution in [2.24, 2.45) is 0 Å². The number of likely N-dealkylation sites (N-methyl/N-ethyl adjacent to an activating group) is 1. The van der Waals surface area contributed by atoms with Crippen LogP contribution >= 0.6 is 23.5 Å². The number of aromatic nitrogens is 1. The van der Waals surface area contributed by atoms with Crippen LogP contribution < -0.4 is 5.32 Å². The normalized spacial score (nSPS) is 24.1. The zero-order chi connectivity index (χ0) is 14.7. The lowest BCUT2D eigenvalue weighted by Crippen LogP contribution is -2.44. The third kappa shape index (κ3) is 3.55. The van der Waals surface area contributed by atoms with Crippen molar-refractivity contribution < 1.29 is 0 Å². The van der Waals surface area contributed by atoms with Gasteiger partial charge in [-0.3, -0.25) is 4.98 Å². The summed E-state index contributed by atoms with van der Waals surface area (Å²) >= 11 is 4.22. The lowest BCUT2D eigenvalue weighted by atomic mass is 10.0. The second kappa shape index (κ2) is 7.03. The van der Waals surface area contributed by atoms with Crippen LogP contribution in [0.15, 0.2) is 36.4 Å². The molecule has 1 N–H and O–H groups in total. The van der Waals surface area contributed by atoms with Gasteiger partial charge in [-0.2, -0.15) is 23.5 Å². The summed E-state index contributed by atoms with van der Waals surface area (Å²) in [4.78, 5) is 4.83. The maximum absolute atomic E-state index is 4.83. The number of fused-ring (bicyclic) bond motifs is 1. The van der Waals surface area contributed by atoms with E-state index in [1.165, 1.54) is 22.6 Å². The first-order valence-electron chi connectivity index (χ1n) is 7.53. The zero-order valence-corrected chi connectivity index (χ0v) is 14.2. The van der Waals surface area contributed by atoms with Crippen molar-refractivity contribution in [3.8, 4) is 0 Å². The summed E-state index contributed by atoms with van der Waals surface area (Å²) in [5.41, 5.74) is 2.29. The fourth-order valence-corrected chi connectivity index (χ4v) is 5.92. The van der Waals surface area contributed by atoms with Gasteiger partial charge in [-0.15, -0.1) is 0 Å². The Morgan fingerprint density at radius 1 is 1.19 bits per heavy atom. The highest BCUT2D eigenvalue weighted by Gasteiger charge is 2.29. The zero-order valence-electron chi connectivity index (χ0n) is 12.6. The third-order valence-electron chi connectivity index (χ3n) is 4.09. The minimum absolute atomic E-state index is 0.492. The molecular formula is C17H22N2S2. The summed E-state index contributed by atoms with van der Waals surface area (Å²) in [6.45, 7) is 2.36. The molecule has 2 heterocycles. The number of nitrogens with one attached hydrogen (secondary N) is 1. The number of benzene rings is 1. The maximum atomic E-state index is 4.83. The Morgan fingerprint density at radius 2 is 2.00 bits per heavy atom. The molecule has 0 spiro atoms. The van der Waals surface area contributed by atoms with Gasteiger partial charge in [0.1, 0.15) is 0 Å². The van der Waals surface area contributed by atoms with E-state index in [9.17, 15) is 0 Å². The molecule has 3 atom stereocenters.